The molecule has 0 spiro atoms. The lowest BCUT2D eigenvalue weighted by Crippen LogP contribution is -3.13. The molecule has 3 atom stereocenters. The summed E-state index contributed by atoms with van der Waals surface area (Å²) in [5.74, 6) is 1.39. The topological polar surface area (TPSA) is 81.8 Å². The Kier molecular flexibility index (Phi) is 6.18. The van der Waals surface area contributed by atoms with Gasteiger partial charge in [0.15, 0.2) is 0 Å². The number of hydrogen-bond donors (Lipinski definition) is 2. The first-order valence-corrected chi connectivity index (χ1v) is 13.3. The number of fused-ring (bicyclic) bond motifs is 4. The van der Waals surface area contributed by atoms with E-state index in [4.69, 9.17) is 4.74 Å². The molecule has 1 unspecified atom stereocenters. The summed E-state index contributed by atoms with van der Waals surface area (Å²) in [4.78, 5) is 14.7. The van der Waals surface area contributed by atoms with E-state index in [-0.39, 0.29) is 17.0 Å². The molecule has 7 nitrogen and oxygen atoms in total. The van der Waals surface area contributed by atoms with Crippen LogP contribution in [0.15, 0.2) is 71.5 Å². The van der Waals surface area contributed by atoms with Gasteiger partial charge in [-0.1, -0.05) is 30.3 Å². The highest BCUT2D eigenvalue weighted by molar-refractivity contribution is 7.91. The maximum atomic E-state index is 13.2. The summed E-state index contributed by atoms with van der Waals surface area (Å²) in [7, 11) is -2.01. The Morgan fingerprint density at radius 1 is 1.00 bits per heavy atom. The predicted molar refractivity (Wildman–Crippen MR) is 132 cm³/mol. The quantitative estimate of drug-likeness (QED) is 0.542. The summed E-state index contributed by atoms with van der Waals surface area (Å²) >= 11 is 0. The van der Waals surface area contributed by atoms with Crippen LogP contribution in [-0.2, 0) is 28.9 Å². The highest BCUT2D eigenvalue weighted by Crippen LogP contribution is 2.31. The van der Waals surface area contributed by atoms with Crippen molar-refractivity contribution >= 4 is 15.7 Å². The average molecular weight is 481 g/mol. The summed E-state index contributed by atoms with van der Waals surface area (Å²) in [6, 6.07) is 20.8. The van der Waals surface area contributed by atoms with Crippen molar-refractivity contribution in [2.24, 2.45) is 5.92 Å². The molecule has 1 saturated heterocycles. The van der Waals surface area contributed by atoms with Crippen molar-refractivity contribution in [1.29, 1.82) is 0 Å². The number of anilines is 1. The highest BCUT2D eigenvalue weighted by Gasteiger charge is 2.37. The van der Waals surface area contributed by atoms with Gasteiger partial charge in [-0.05, 0) is 48.4 Å². The number of ether oxygens (including phenoxy) is 1. The maximum Gasteiger partial charge on any atom is 0.275 e. The first-order valence-electron chi connectivity index (χ1n) is 11.6. The maximum absolute atomic E-state index is 13.2. The van der Waals surface area contributed by atoms with Gasteiger partial charge in [-0.3, -0.25) is 9.52 Å². The van der Waals surface area contributed by atoms with Crippen LogP contribution in [0, 0.1) is 5.92 Å². The number of sulfonamides is 1. The number of nitrogens with one attached hydrogen (secondary N) is 2. The fourth-order valence-corrected chi connectivity index (χ4v) is 6.61. The van der Waals surface area contributed by atoms with E-state index in [1.54, 1.807) is 42.0 Å². The van der Waals surface area contributed by atoms with E-state index >= 15 is 0 Å². The monoisotopic (exact) mass is 480 g/mol. The molecule has 0 radical (unpaired) electrons. The van der Waals surface area contributed by atoms with Crippen molar-refractivity contribution in [3.8, 4) is 5.75 Å². The lowest BCUT2D eigenvalue weighted by molar-refractivity contribution is -0.924. The zero-order valence-corrected chi connectivity index (χ0v) is 20.1. The smallest absolute Gasteiger partial charge is 0.275 e. The molecule has 1 fully saturated rings. The summed E-state index contributed by atoms with van der Waals surface area (Å²) in [6.07, 6.45) is 1.07. The molecule has 1 aromatic heterocycles. The standard InChI is InChI=1S/C26H29N3O4S/c1-33-23-9-7-19(8-10-23)14-28-15-21-13-22(17-28)25-12-11-24(26(30)29(25)16-21)27-34(31,32)18-20-5-3-2-4-6-20/h2-12,21-22,27H,13-18H2,1H3/p+1/t21-,22+/m0/s1. The van der Waals surface area contributed by atoms with Crippen molar-refractivity contribution in [3.05, 3.63) is 93.9 Å². The Morgan fingerprint density at radius 2 is 1.76 bits per heavy atom. The highest BCUT2D eigenvalue weighted by atomic mass is 32.2. The second kappa shape index (κ2) is 9.27. The molecule has 3 heterocycles. The van der Waals surface area contributed by atoms with E-state index in [0.717, 1.165) is 37.5 Å². The third kappa shape index (κ3) is 4.88. The number of benzene rings is 2. The molecule has 2 bridgehead atoms. The lowest BCUT2D eigenvalue weighted by Gasteiger charge is -2.40. The number of pyridine rings is 1. The van der Waals surface area contributed by atoms with Gasteiger partial charge in [-0.25, -0.2) is 8.42 Å². The molecule has 2 aromatic carbocycles. The number of rotatable bonds is 7. The number of nitrogens with zero attached hydrogens (tertiary/aromatic N) is 1. The molecule has 2 aliphatic rings. The van der Waals surface area contributed by atoms with Gasteiger partial charge in [-0.2, -0.15) is 0 Å². The van der Waals surface area contributed by atoms with Crippen molar-refractivity contribution in [3.63, 3.8) is 0 Å². The van der Waals surface area contributed by atoms with E-state index in [9.17, 15) is 13.2 Å². The molecule has 5 rings (SSSR count). The predicted octanol–water partition coefficient (Wildman–Crippen LogP) is 2.00. The molecular weight excluding hydrogens is 450 g/mol. The average Bonchev–Trinajstić information content (AvgIpc) is 2.82. The SMILES string of the molecule is COc1ccc(C[NH+]2C[C@@H]3C[C@H](C2)c2ccc(NS(=O)(=O)Cc4ccccc4)c(=O)n2C3)cc1. The number of quaternary nitrogens is 1. The van der Waals surface area contributed by atoms with Crippen molar-refractivity contribution in [2.75, 3.05) is 24.9 Å². The Labute approximate surface area is 200 Å². The molecule has 0 aliphatic carbocycles. The van der Waals surface area contributed by atoms with Gasteiger partial charge in [0.2, 0.25) is 10.0 Å². The van der Waals surface area contributed by atoms with E-state index in [0.29, 0.717) is 23.9 Å². The number of hydrogen-bond acceptors (Lipinski definition) is 4. The Hall–Kier alpha value is -3.10. The largest absolute Gasteiger partial charge is 0.497 e. The summed E-state index contributed by atoms with van der Waals surface area (Å²) < 4.78 is 34.9. The minimum absolute atomic E-state index is 0.127. The Morgan fingerprint density at radius 3 is 2.50 bits per heavy atom. The first kappa shape index (κ1) is 22.7. The molecule has 8 heteroatoms. The summed E-state index contributed by atoms with van der Waals surface area (Å²) in [5.41, 5.74) is 2.85. The third-order valence-electron chi connectivity index (χ3n) is 6.88. The second-order valence-corrected chi connectivity index (χ2v) is 11.1. The van der Waals surface area contributed by atoms with E-state index in [1.165, 1.54) is 10.5 Å². The fraction of sp³-hybridized carbons (Fsp3) is 0.346. The fourth-order valence-electron chi connectivity index (χ4n) is 5.42. The zero-order chi connectivity index (χ0) is 23.7. The van der Waals surface area contributed by atoms with Crippen LogP contribution in [0.4, 0.5) is 5.69 Å². The van der Waals surface area contributed by atoms with Gasteiger partial charge in [-0.15, -0.1) is 0 Å². The van der Waals surface area contributed by atoms with Crippen LogP contribution in [0.1, 0.15) is 29.2 Å². The second-order valence-electron chi connectivity index (χ2n) is 9.42. The van der Waals surface area contributed by atoms with Gasteiger partial charge in [0, 0.05) is 29.6 Å². The van der Waals surface area contributed by atoms with Crippen LogP contribution in [0.5, 0.6) is 5.75 Å². The van der Waals surface area contributed by atoms with Crippen LogP contribution >= 0.6 is 0 Å². The van der Waals surface area contributed by atoms with Crippen LogP contribution < -0.4 is 19.9 Å². The van der Waals surface area contributed by atoms with Crippen LogP contribution in [0.25, 0.3) is 0 Å². The summed E-state index contributed by atoms with van der Waals surface area (Å²) in [6.45, 7) is 3.53. The minimum atomic E-state index is -3.68. The van der Waals surface area contributed by atoms with Crippen molar-refractivity contribution < 1.29 is 18.1 Å². The first-order chi connectivity index (χ1) is 16.4. The number of piperidine rings is 1. The lowest BCUT2D eigenvalue weighted by atomic mass is 9.83. The van der Waals surface area contributed by atoms with Gasteiger partial charge >= 0.3 is 0 Å². The van der Waals surface area contributed by atoms with Crippen molar-refractivity contribution in [1.82, 2.24) is 4.57 Å². The summed E-state index contributed by atoms with van der Waals surface area (Å²) in [5, 5.41) is 0. The van der Waals surface area contributed by atoms with E-state index < -0.39 is 10.0 Å². The zero-order valence-electron chi connectivity index (χ0n) is 19.2. The van der Waals surface area contributed by atoms with Gasteiger partial charge in [0.25, 0.3) is 5.56 Å². The van der Waals surface area contributed by atoms with E-state index in [1.807, 2.05) is 24.3 Å². The normalized spacial score (nSPS) is 21.5. The molecule has 2 aliphatic heterocycles. The Balaban J connectivity index is 1.32. The number of aromatic nitrogens is 1. The van der Waals surface area contributed by atoms with Gasteiger partial charge < -0.3 is 14.2 Å². The van der Waals surface area contributed by atoms with Crippen LogP contribution in [0.3, 0.4) is 0 Å². The minimum Gasteiger partial charge on any atom is -0.497 e. The molecule has 0 amide bonds. The van der Waals surface area contributed by atoms with E-state index in [2.05, 4.69) is 16.9 Å². The molecular formula is C26H30N3O4S+. The third-order valence-corrected chi connectivity index (χ3v) is 8.12. The van der Waals surface area contributed by atoms with Crippen LogP contribution in [0.2, 0.25) is 0 Å². The molecule has 0 saturated carbocycles. The van der Waals surface area contributed by atoms with Crippen molar-refractivity contribution in [2.45, 2.75) is 31.2 Å². The number of likely N-dealkylation sites (tertiary alicyclic amines) is 1. The Bertz CT molecular complexity index is 1320. The number of methoxy groups -OCH3 is 1. The molecule has 178 valence electrons. The molecule has 2 N–H and O–H groups in total. The van der Waals surface area contributed by atoms with Gasteiger partial charge in [0.05, 0.1) is 26.0 Å². The van der Waals surface area contributed by atoms with Gasteiger partial charge in [0.1, 0.15) is 18.0 Å². The molecule has 3 aromatic rings. The molecule has 34 heavy (non-hydrogen) atoms. The van der Waals surface area contributed by atoms with Crippen LogP contribution in [-0.4, -0.2) is 33.2 Å².